The largest absolute Gasteiger partial charge is 0.330 e. The molecule has 0 spiro atoms. The van der Waals surface area contributed by atoms with Crippen molar-refractivity contribution in [3.8, 4) is 0 Å². The van der Waals surface area contributed by atoms with Gasteiger partial charge in [-0.15, -0.1) is 5.11 Å². The predicted molar refractivity (Wildman–Crippen MR) is 72.9 cm³/mol. The molecule has 6 heteroatoms. The van der Waals surface area contributed by atoms with Gasteiger partial charge in [0.1, 0.15) is 6.34 Å². The average Bonchev–Trinajstić information content (AvgIpc) is 2.41. The van der Waals surface area contributed by atoms with E-state index < -0.39 is 0 Å². The summed E-state index contributed by atoms with van der Waals surface area (Å²) in [6.45, 7) is 10.9. The van der Waals surface area contributed by atoms with E-state index in [0.717, 1.165) is 13.0 Å². The summed E-state index contributed by atoms with van der Waals surface area (Å²) >= 11 is 0. The molecule has 0 atom stereocenters. The highest BCUT2D eigenvalue weighted by molar-refractivity contribution is 5.48. The first-order chi connectivity index (χ1) is 8.24. The van der Waals surface area contributed by atoms with Crippen LogP contribution in [0.4, 0.5) is 0 Å². The second kappa shape index (κ2) is 15.1. The number of nitrogens with zero attached hydrogens (tertiary/aromatic N) is 3. The Labute approximate surface area is 105 Å². The lowest BCUT2D eigenvalue weighted by molar-refractivity contribution is 0.153. The zero-order chi connectivity index (χ0) is 13.5. The molecule has 0 bridgehead atoms. The highest BCUT2D eigenvalue weighted by Gasteiger charge is 2.11. The van der Waals surface area contributed by atoms with Crippen molar-refractivity contribution in [3.05, 3.63) is 0 Å². The standard InChI is InChI=1S/C8H19N3.C2H6.CH3N3/c1-10-5-7-11(8-6-10)4-2-3-9;1-2;2-1-4-3/h2-9H2,1H3;1-2H3;1-3H. The number of nitrogens with one attached hydrogen (secondary N) is 2. The Bertz CT molecular complexity index is 157. The molecule has 1 aliphatic heterocycles. The van der Waals surface area contributed by atoms with E-state index in [0.29, 0.717) is 6.34 Å². The van der Waals surface area contributed by atoms with Crippen LogP contribution in [0.2, 0.25) is 0 Å². The fourth-order valence-corrected chi connectivity index (χ4v) is 1.39. The summed E-state index contributed by atoms with van der Waals surface area (Å²) < 4.78 is 0. The fraction of sp³-hybridized carbons (Fsp3) is 0.909. The summed E-state index contributed by atoms with van der Waals surface area (Å²) in [6, 6.07) is 0. The molecule has 1 saturated heterocycles. The minimum absolute atomic E-state index is 0.667. The average molecular weight is 244 g/mol. The Kier molecular flexibility index (Phi) is 16.5. The van der Waals surface area contributed by atoms with Gasteiger partial charge in [-0.1, -0.05) is 13.8 Å². The summed E-state index contributed by atoms with van der Waals surface area (Å²) in [6.07, 6.45) is 1.81. The lowest BCUT2D eigenvalue weighted by Crippen LogP contribution is -2.44. The minimum atomic E-state index is 0.667. The van der Waals surface area contributed by atoms with Crippen LogP contribution in [0.15, 0.2) is 5.11 Å². The first-order valence-corrected chi connectivity index (χ1v) is 6.21. The van der Waals surface area contributed by atoms with Crippen LogP contribution in [-0.2, 0) is 0 Å². The van der Waals surface area contributed by atoms with E-state index >= 15 is 0 Å². The molecule has 0 radical (unpaired) electrons. The number of rotatable bonds is 4. The van der Waals surface area contributed by atoms with Crippen molar-refractivity contribution in [3.63, 3.8) is 0 Å². The molecule has 1 fully saturated rings. The molecule has 0 aromatic heterocycles. The maximum absolute atomic E-state index is 5.97. The Morgan fingerprint density at radius 3 is 2.06 bits per heavy atom. The molecule has 102 valence electrons. The van der Waals surface area contributed by atoms with Gasteiger partial charge in [0, 0.05) is 26.2 Å². The first kappa shape index (κ1) is 18.5. The van der Waals surface area contributed by atoms with Gasteiger partial charge in [-0.25, -0.2) is 5.53 Å². The summed E-state index contributed by atoms with van der Waals surface area (Å²) in [7, 11) is 2.18. The third-order valence-corrected chi connectivity index (χ3v) is 2.34. The van der Waals surface area contributed by atoms with E-state index in [9.17, 15) is 0 Å². The van der Waals surface area contributed by atoms with E-state index in [-0.39, 0.29) is 0 Å². The number of hydrogen-bond acceptors (Lipinski definition) is 5. The van der Waals surface area contributed by atoms with Crippen molar-refractivity contribution in [2.45, 2.75) is 20.3 Å². The molecule has 0 aromatic rings. The third kappa shape index (κ3) is 13.1. The van der Waals surface area contributed by atoms with Crippen molar-refractivity contribution in [2.75, 3.05) is 46.3 Å². The van der Waals surface area contributed by atoms with Gasteiger partial charge in [-0.05, 0) is 26.6 Å². The molecule has 0 amide bonds. The SMILES string of the molecule is CC.CN1CCN(CCCN)CC1.N=CN=N. The number of hydrogen-bond donors (Lipinski definition) is 3. The summed E-state index contributed by atoms with van der Waals surface area (Å²) in [4.78, 5) is 4.87. The van der Waals surface area contributed by atoms with Gasteiger partial charge >= 0.3 is 0 Å². The molecule has 1 rings (SSSR count). The molecule has 0 saturated carbocycles. The number of nitrogens with two attached hydrogens (primary N) is 1. The van der Waals surface area contributed by atoms with Crippen LogP contribution in [0.25, 0.3) is 0 Å². The Morgan fingerprint density at radius 1 is 1.24 bits per heavy atom. The van der Waals surface area contributed by atoms with Crippen molar-refractivity contribution in [1.29, 1.82) is 10.9 Å². The van der Waals surface area contributed by atoms with Crippen LogP contribution in [0.1, 0.15) is 20.3 Å². The van der Waals surface area contributed by atoms with Crippen LogP contribution < -0.4 is 5.73 Å². The van der Waals surface area contributed by atoms with Crippen LogP contribution >= 0.6 is 0 Å². The van der Waals surface area contributed by atoms with Gasteiger partial charge < -0.3 is 15.5 Å². The molecule has 1 aliphatic rings. The Hall–Kier alpha value is -0.850. The van der Waals surface area contributed by atoms with Gasteiger partial charge in [0.05, 0.1) is 0 Å². The van der Waals surface area contributed by atoms with E-state index in [1.807, 2.05) is 13.8 Å². The second-order valence-electron chi connectivity index (χ2n) is 3.55. The van der Waals surface area contributed by atoms with Gasteiger partial charge in [0.15, 0.2) is 0 Å². The van der Waals surface area contributed by atoms with Gasteiger partial charge in [0.2, 0.25) is 0 Å². The van der Waals surface area contributed by atoms with E-state index in [1.54, 1.807) is 0 Å². The highest BCUT2D eigenvalue weighted by atomic mass is 15.2. The van der Waals surface area contributed by atoms with Crippen molar-refractivity contribution < 1.29 is 0 Å². The van der Waals surface area contributed by atoms with Crippen LogP contribution in [0, 0.1) is 10.9 Å². The van der Waals surface area contributed by atoms with Gasteiger partial charge in [0.25, 0.3) is 0 Å². The Balaban J connectivity index is 0. The van der Waals surface area contributed by atoms with Crippen molar-refractivity contribution in [1.82, 2.24) is 9.80 Å². The van der Waals surface area contributed by atoms with Crippen molar-refractivity contribution in [2.24, 2.45) is 10.8 Å². The maximum Gasteiger partial charge on any atom is 0.129 e. The molecule has 0 aliphatic carbocycles. The normalized spacial score (nSPS) is 16.0. The molecule has 0 aromatic carbocycles. The van der Waals surface area contributed by atoms with Crippen molar-refractivity contribution >= 4 is 6.34 Å². The molecule has 6 nitrogen and oxygen atoms in total. The lowest BCUT2D eigenvalue weighted by atomic mass is 10.3. The molecule has 1 heterocycles. The monoisotopic (exact) mass is 244 g/mol. The zero-order valence-electron chi connectivity index (χ0n) is 11.4. The minimum Gasteiger partial charge on any atom is -0.330 e. The Morgan fingerprint density at radius 2 is 1.71 bits per heavy atom. The zero-order valence-corrected chi connectivity index (χ0v) is 11.4. The van der Waals surface area contributed by atoms with E-state index in [4.69, 9.17) is 16.7 Å². The number of likely N-dealkylation sites (N-methyl/N-ethyl adjacent to an activating group) is 1. The quantitative estimate of drug-likeness (QED) is 0.394. The molecular formula is C11H28N6. The maximum atomic E-state index is 5.97. The van der Waals surface area contributed by atoms with E-state index in [1.165, 1.54) is 32.7 Å². The summed E-state index contributed by atoms with van der Waals surface area (Å²) in [5, 5.41) is 8.50. The van der Waals surface area contributed by atoms with Gasteiger partial charge in [-0.2, -0.15) is 0 Å². The molecule has 0 unspecified atom stereocenters. The third-order valence-electron chi connectivity index (χ3n) is 2.34. The van der Waals surface area contributed by atoms with Crippen LogP contribution in [-0.4, -0.2) is 62.5 Å². The first-order valence-electron chi connectivity index (χ1n) is 6.21. The lowest BCUT2D eigenvalue weighted by Gasteiger charge is -2.32. The molecule has 4 N–H and O–H groups in total. The predicted octanol–water partition coefficient (Wildman–Crippen LogP) is 1.23. The summed E-state index contributed by atoms with van der Waals surface area (Å²) in [5.41, 5.74) is 11.3. The molecular weight excluding hydrogens is 216 g/mol. The topological polar surface area (TPSA) is 92.6 Å². The second-order valence-corrected chi connectivity index (χ2v) is 3.55. The van der Waals surface area contributed by atoms with Crippen LogP contribution in [0.3, 0.4) is 0 Å². The smallest absolute Gasteiger partial charge is 0.129 e. The van der Waals surface area contributed by atoms with Gasteiger partial charge in [-0.3, -0.25) is 5.41 Å². The van der Waals surface area contributed by atoms with E-state index in [2.05, 4.69) is 22.0 Å². The van der Waals surface area contributed by atoms with Crippen LogP contribution in [0.5, 0.6) is 0 Å². The molecule has 17 heavy (non-hydrogen) atoms. The highest BCUT2D eigenvalue weighted by Crippen LogP contribution is 1.98. The number of piperazine rings is 1. The fourth-order valence-electron chi connectivity index (χ4n) is 1.39. The summed E-state index contributed by atoms with van der Waals surface area (Å²) in [5.74, 6) is 0.